The topological polar surface area (TPSA) is 102 Å². The van der Waals surface area contributed by atoms with Crippen LogP contribution in [0.2, 0.25) is 0 Å². The van der Waals surface area contributed by atoms with Crippen molar-refractivity contribution < 1.29 is 22.7 Å². The molecular formula is C15H14F3N7O2. The molecule has 1 aliphatic rings. The molecule has 0 bridgehead atoms. The van der Waals surface area contributed by atoms with Crippen LogP contribution in [0.3, 0.4) is 0 Å². The molecule has 4 heterocycles. The van der Waals surface area contributed by atoms with Crippen LogP contribution in [0.1, 0.15) is 22.4 Å². The van der Waals surface area contributed by atoms with Gasteiger partial charge in [-0.3, -0.25) is 4.79 Å². The number of pyridine rings is 1. The molecule has 1 amide bonds. The van der Waals surface area contributed by atoms with Gasteiger partial charge in [-0.1, -0.05) is 0 Å². The van der Waals surface area contributed by atoms with E-state index in [0.29, 0.717) is 22.5 Å². The van der Waals surface area contributed by atoms with Crippen LogP contribution < -0.4 is 0 Å². The van der Waals surface area contributed by atoms with Gasteiger partial charge < -0.3 is 14.6 Å². The summed E-state index contributed by atoms with van der Waals surface area (Å²) in [7, 11) is 0. The standard InChI is InChI=1S/C15H14F3N7O2/c16-15(17,18)6-24-8-21-13(23-24)11-5-27-4-3-25(11)14(26)10-2-1-9-12(22-10)20-7-19-9/h1-2,7-8,11H,3-6H2,(H,19,20,22). The number of imidazole rings is 1. The van der Waals surface area contributed by atoms with Crippen molar-refractivity contribution in [3.8, 4) is 0 Å². The van der Waals surface area contributed by atoms with Crippen molar-refractivity contribution in [2.24, 2.45) is 0 Å². The van der Waals surface area contributed by atoms with E-state index in [1.165, 1.54) is 11.2 Å². The first kappa shape index (κ1) is 17.4. The fourth-order valence-electron chi connectivity index (χ4n) is 2.87. The number of rotatable bonds is 3. The molecule has 9 nitrogen and oxygen atoms in total. The van der Waals surface area contributed by atoms with Crippen LogP contribution in [0.15, 0.2) is 24.8 Å². The summed E-state index contributed by atoms with van der Waals surface area (Å²) in [6.45, 7) is -0.612. The molecule has 1 aliphatic heterocycles. The predicted octanol–water partition coefficient (Wildman–Crippen LogP) is 1.33. The van der Waals surface area contributed by atoms with Gasteiger partial charge >= 0.3 is 6.18 Å². The highest BCUT2D eigenvalue weighted by Gasteiger charge is 2.34. The molecule has 1 fully saturated rings. The highest BCUT2D eigenvalue weighted by Crippen LogP contribution is 2.24. The summed E-state index contributed by atoms with van der Waals surface area (Å²) < 4.78 is 43.6. The van der Waals surface area contributed by atoms with Gasteiger partial charge in [0.05, 0.1) is 25.1 Å². The van der Waals surface area contributed by atoms with Crippen LogP contribution in [0.25, 0.3) is 11.2 Å². The number of hydrogen-bond donors (Lipinski definition) is 1. The Labute approximate surface area is 150 Å². The second-order valence-corrected chi connectivity index (χ2v) is 5.97. The first-order valence-electron chi connectivity index (χ1n) is 8.06. The van der Waals surface area contributed by atoms with E-state index < -0.39 is 18.8 Å². The van der Waals surface area contributed by atoms with Crippen LogP contribution in [0.5, 0.6) is 0 Å². The lowest BCUT2D eigenvalue weighted by molar-refractivity contribution is -0.142. The molecular weight excluding hydrogens is 367 g/mol. The van der Waals surface area contributed by atoms with Gasteiger partial charge in [0.2, 0.25) is 0 Å². The van der Waals surface area contributed by atoms with Crippen molar-refractivity contribution in [3.63, 3.8) is 0 Å². The number of carbonyl (C=O) groups is 1. The quantitative estimate of drug-likeness (QED) is 0.734. The van der Waals surface area contributed by atoms with Gasteiger partial charge in [0.25, 0.3) is 5.91 Å². The summed E-state index contributed by atoms with van der Waals surface area (Å²) in [5.41, 5.74) is 1.27. The molecule has 12 heteroatoms. The third-order valence-corrected chi connectivity index (χ3v) is 4.08. The summed E-state index contributed by atoms with van der Waals surface area (Å²) in [4.78, 5) is 29.4. The monoisotopic (exact) mass is 381 g/mol. The van der Waals surface area contributed by atoms with Crippen LogP contribution in [0.4, 0.5) is 13.2 Å². The van der Waals surface area contributed by atoms with Gasteiger partial charge in [-0.25, -0.2) is 19.6 Å². The van der Waals surface area contributed by atoms with Gasteiger partial charge in [-0.2, -0.15) is 18.3 Å². The Morgan fingerprint density at radius 1 is 1.33 bits per heavy atom. The molecule has 27 heavy (non-hydrogen) atoms. The molecule has 1 unspecified atom stereocenters. The number of nitrogens with zero attached hydrogens (tertiary/aromatic N) is 6. The molecule has 3 aromatic rings. The molecule has 0 aromatic carbocycles. The maximum absolute atomic E-state index is 12.9. The summed E-state index contributed by atoms with van der Waals surface area (Å²) in [6, 6.07) is 2.55. The maximum Gasteiger partial charge on any atom is 0.408 e. The Morgan fingerprint density at radius 3 is 3.00 bits per heavy atom. The normalized spacial score (nSPS) is 18.2. The van der Waals surface area contributed by atoms with E-state index in [9.17, 15) is 18.0 Å². The Balaban J connectivity index is 1.59. The van der Waals surface area contributed by atoms with Crippen molar-refractivity contribution in [1.29, 1.82) is 0 Å². The second kappa shape index (κ2) is 6.61. The minimum Gasteiger partial charge on any atom is -0.377 e. The number of amides is 1. The average molecular weight is 381 g/mol. The van der Waals surface area contributed by atoms with E-state index in [4.69, 9.17) is 4.74 Å². The minimum absolute atomic E-state index is 0.0897. The van der Waals surface area contributed by atoms with E-state index >= 15 is 0 Å². The van der Waals surface area contributed by atoms with Gasteiger partial charge in [-0.15, -0.1) is 0 Å². The zero-order chi connectivity index (χ0) is 19.0. The highest BCUT2D eigenvalue weighted by atomic mass is 19.4. The summed E-state index contributed by atoms with van der Waals surface area (Å²) in [6.07, 6.45) is -1.94. The minimum atomic E-state index is -4.41. The number of fused-ring (bicyclic) bond motifs is 1. The number of halogens is 3. The number of nitrogens with one attached hydrogen (secondary N) is 1. The number of aromatic amines is 1. The van der Waals surface area contributed by atoms with E-state index in [2.05, 4.69) is 25.0 Å². The number of ether oxygens (including phenoxy) is 1. The fraction of sp³-hybridized carbons (Fsp3) is 0.400. The number of carbonyl (C=O) groups excluding carboxylic acids is 1. The first-order valence-corrected chi connectivity index (χ1v) is 8.06. The van der Waals surface area contributed by atoms with Crippen LogP contribution in [0, 0.1) is 0 Å². The molecule has 142 valence electrons. The highest BCUT2D eigenvalue weighted by molar-refractivity contribution is 5.94. The number of H-pyrrole nitrogens is 1. The van der Waals surface area contributed by atoms with Crippen molar-refractivity contribution >= 4 is 17.1 Å². The lowest BCUT2D eigenvalue weighted by atomic mass is 10.2. The SMILES string of the molecule is O=C(c1ccc2[nH]cnc2n1)N1CCOCC1c1ncn(CC(F)(F)F)n1. The summed E-state index contributed by atoms with van der Waals surface area (Å²) in [5.74, 6) is -0.298. The van der Waals surface area contributed by atoms with Gasteiger partial charge in [-0.05, 0) is 12.1 Å². The number of hydrogen-bond acceptors (Lipinski definition) is 6. The third-order valence-electron chi connectivity index (χ3n) is 4.08. The van der Waals surface area contributed by atoms with Gasteiger partial charge in [0.1, 0.15) is 24.6 Å². The molecule has 0 spiro atoms. The molecule has 0 radical (unpaired) electrons. The van der Waals surface area contributed by atoms with Gasteiger partial charge in [0.15, 0.2) is 11.5 Å². The lowest BCUT2D eigenvalue weighted by Crippen LogP contribution is -2.44. The first-order chi connectivity index (χ1) is 12.9. The molecule has 4 rings (SSSR count). The zero-order valence-corrected chi connectivity index (χ0v) is 13.8. The zero-order valence-electron chi connectivity index (χ0n) is 13.8. The number of morpholine rings is 1. The summed E-state index contributed by atoms with van der Waals surface area (Å²) in [5, 5.41) is 3.86. The van der Waals surface area contributed by atoms with Crippen molar-refractivity contribution in [2.75, 3.05) is 19.8 Å². The van der Waals surface area contributed by atoms with Crippen molar-refractivity contribution in [3.05, 3.63) is 36.3 Å². The van der Waals surface area contributed by atoms with E-state index in [0.717, 1.165) is 6.33 Å². The van der Waals surface area contributed by atoms with Crippen LogP contribution >= 0.6 is 0 Å². The molecule has 1 saturated heterocycles. The maximum atomic E-state index is 12.9. The Hall–Kier alpha value is -3.02. The molecule has 3 aromatic heterocycles. The molecule has 0 saturated carbocycles. The Bertz CT molecular complexity index is 968. The van der Waals surface area contributed by atoms with E-state index in [-0.39, 0.29) is 30.6 Å². The molecule has 0 aliphatic carbocycles. The van der Waals surface area contributed by atoms with Crippen LogP contribution in [-0.4, -0.2) is 66.5 Å². The number of alkyl halides is 3. The molecule has 1 N–H and O–H groups in total. The van der Waals surface area contributed by atoms with Crippen molar-refractivity contribution in [2.45, 2.75) is 18.8 Å². The summed E-state index contributed by atoms with van der Waals surface area (Å²) >= 11 is 0. The van der Waals surface area contributed by atoms with Crippen molar-refractivity contribution in [1.82, 2.24) is 34.6 Å². The largest absolute Gasteiger partial charge is 0.408 e. The smallest absolute Gasteiger partial charge is 0.377 e. The second-order valence-electron chi connectivity index (χ2n) is 5.97. The van der Waals surface area contributed by atoms with Gasteiger partial charge in [0, 0.05) is 6.54 Å². The lowest BCUT2D eigenvalue weighted by Gasteiger charge is -2.33. The van der Waals surface area contributed by atoms with Crippen LogP contribution in [-0.2, 0) is 11.3 Å². The third kappa shape index (κ3) is 3.60. The Morgan fingerprint density at radius 2 is 2.19 bits per heavy atom. The van der Waals surface area contributed by atoms with E-state index in [1.54, 1.807) is 12.1 Å². The fourth-order valence-corrected chi connectivity index (χ4v) is 2.87. The van der Waals surface area contributed by atoms with E-state index in [1.807, 2.05) is 0 Å². The predicted molar refractivity (Wildman–Crippen MR) is 84.6 cm³/mol. The molecule has 1 atom stereocenters. The average Bonchev–Trinajstić information content (AvgIpc) is 3.28. The Kier molecular flexibility index (Phi) is 4.26. The number of aromatic nitrogens is 6.